The van der Waals surface area contributed by atoms with Gasteiger partial charge in [-0.1, -0.05) is 26.3 Å². The van der Waals surface area contributed by atoms with Gasteiger partial charge in [-0.3, -0.25) is 4.79 Å². The van der Waals surface area contributed by atoms with Gasteiger partial charge in [0.25, 0.3) is 0 Å². The van der Waals surface area contributed by atoms with Gasteiger partial charge in [0, 0.05) is 6.42 Å². The molecule has 4 aliphatic rings. The summed E-state index contributed by atoms with van der Waals surface area (Å²) in [5.41, 5.74) is 1.60. The molecule has 0 aromatic rings. The number of carbonyl (C=O) groups excluding carboxylic acids is 1. The number of hydrogen-bond acceptors (Lipinski definition) is 2. The molecule has 0 radical (unpaired) electrons. The zero-order chi connectivity index (χ0) is 15.6. The zero-order valence-electron chi connectivity index (χ0n) is 14.2. The quantitative estimate of drug-likeness (QED) is 0.735. The Hall–Kier alpha value is -0.630. The van der Waals surface area contributed by atoms with E-state index in [4.69, 9.17) is 0 Å². The SMILES string of the molecule is C[C@@H]1CC2=CC(=O)CC[C@@H]2[C@H]2CC[C@]3(C)[C@H](O)[C@H](C)C[C@@H]3[C@@H]21. The Balaban J connectivity index is 1.69. The molecule has 2 nitrogen and oxygen atoms in total. The third-order valence-corrected chi connectivity index (χ3v) is 7.92. The van der Waals surface area contributed by atoms with E-state index in [0.29, 0.717) is 29.5 Å². The predicted octanol–water partition coefficient (Wildman–Crippen LogP) is 3.98. The fourth-order valence-corrected chi connectivity index (χ4v) is 6.93. The molecule has 0 unspecified atom stereocenters. The van der Waals surface area contributed by atoms with Gasteiger partial charge in [0.05, 0.1) is 6.10 Å². The summed E-state index contributed by atoms with van der Waals surface area (Å²) in [6, 6.07) is 0. The van der Waals surface area contributed by atoms with Gasteiger partial charge in [0.15, 0.2) is 5.78 Å². The van der Waals surface area contributed by atoms with Crippen molar-refractivity contribution in [1.29, 1.82) is 0 Å². The fourth-order valence-electron chi connectivity index (χ4n) is 6.93. The molecule has 8 atom stereocenters. The molecular weight excluding hydrogens is 272 g/mol. The van der Waals surface area contributed by atoms with Gasteiger partial charge in [-0.15, -0.1) is 0 Å². The van der Waals surface area contributed by atoms with Crippen molar-refractivity contribution >= 4 is 5.78 Å². The van der Waals surface area contributed by atoms with Gasteiger partial charge in [0.1, 0.15) is 0 Å². The molecule has 3 saturated carbocycles. The molecule has 0 aromatic heterocycles. The molecule has 122 valence electrons. The van der Waals surface area contributed by atoms with E-state index >= 15 is 0 Å². The van der Waals surface area contributed by atoms with E-state index in [2.05, 4.69) is 20.8 Å². The van der Waals surface area contributed by atoms with E-state index in [-0.39, 0.29) is 11.5 Å². The molecule has 22 heavy (non-hydrogen) atoms. The topological polar surface area (TPSA) is 37.3 Å². The van der Waals surface area contributed by atoms with Gasteiger partial charge in [-0.2, -0.15) is 0 Å². The minimum absolute atomic E-state index is 0.115. The van der Waals surface area contributed by atoms with Crippen LogP contribution in [0, 0.1) is 40.9 Å². The zero-order valence-corrected chi connectivity index (χ0v) is 14.2. The van der Waals surface area contributed by atoms with Crippen LogP contribution in [0.2, 0.25) is 0 Å². The number of ketones is 1. The van der Waals surface area contributed by atoms with E-state index in [0.717, 1.165) is 31.1 Å². The Morgan fingerprint density at radius 1 is 1.23 bits per heavy atom. The standard InChI is InChI=1S/C20H30O2/c1-11-8-13-10-14(21)4-5-15(13)16-6-7-20(3)17(18(11)16)9-12(2)19(20)22/h10-12,15-19,22H,4-9H2,1-3H3/t11-,12-,15+,16-,17-,18-,19-,20+/m1/s1. The van der Waals surface area contributed by atoms with Crippen molar-refractivity contribution in [3.05, 3.63) is 11.6 Å². The number of fused-ring (bicyclic) bond motifs is 5. The summed E-state index contributed by atoms with van der Waals surface area (Å²) in [4.78, 5) is 11.8. The molecule has 1 N–H and O–H groups in total. The van der Waals surface area contributed by atoms with Crippen LogP contribution in [0.3, 0.4) is 0 Å². The maximum atomic E-state index is 11.8. The summed E-state index contributed by atoms with van der Waals surface area (Å²) in [5, 5.41) is 10.7. The molecular formula is C20H30O2. The van der Waals surface area contributed by atoms with Gasteiger partial charge in [-0.25, -0.2) is 0 Å². The first-order chi connectivity index (χ1) is 10.4. The smallest absolute Gasteiger partial charge is 0.155 e. The Labute approximate surface area is 134 Å². The van der Waals surface area contributed by atoms with Crippen LogP contribution in [0.1, 0.15) is 59.3 Å². The van der Waals surface area contributed by atoms with Gasteiger partial charge in [0.2, 0.25) is 0 Å². The molecule has 0 aromatic carbocycles. The van der Waals surface area contributed by atoms with E-state index in [1.807, 2.05) is 6.08 Å². The second-order valence-corrected chi connectivity index (χ2v) is 9.06. The van der Waals surface area contributed by atoms with E-state index in [1.165, 1.54) is 24.8 Å². The van der Waals surface area contributed by atoms with Crippen LogP contribution in [0.15, 0.2) is 11.6 Å². The van der Waals surface area contributed by atoms with Crippen molar-refractivity contribution in [2.24, 2.45) is 40.9 Å². The number of carbonyl (C=O) groups is 1. The lowest BCUT2D eigenvalue weighted by molar-refractivity contribution is -0.116. The maximum Gasteiger partial charge on any atom is 0.155 e. The van der Waals surface area contributed by atoms with Crippen molar-refractivity contribution in [1.82, 2.24) is 0 Å². The van der Waals surface area contributed by atoms with Gasteiger partial charge >= 0.3 is 0 Å². The predicted molar refractivity (Wildman–Crippen MR) is 87.2 cm³/mol. The Morgan fingerprint density at radius 2 is 2.00 bits per heavy atom. The number of aliphatic hydroxyl groups is 1. The van der Waals surface area contributed by atoms with Crippen molar-refractivity contribution < 1.29 is 9.90 Å². The second-order valence-electron chi connectivity index (χ2n) is 9.06. The average Bonchev–Trinajstić information content (AvgIpc) is 2.70. The molecule has 0 aliphatic heterocycles. The van der Waals surface area contributed by atoms with Gasteiger partial charge < -0.3 is 5.11 Å². The number of allylic oxidation sites excluding steroid dienone is 1. The fraction of sp³-hybridized carbons (Fsp3) is 0.850. The Kier molecular flexibility index (Phi) is 3.35. The molecule has 0 spiro atoms. The highest BCUT2D eigenvalue weighted by molar-refractivity contribution is 5.91. The van der Waals surface area contributed by atoms with Crippen LogP contribution in [-0.2, 0) is 4.79 Å². The maximum absolute atomic E-state index is 11.8. The van der Waals surface area contributed by atoms with E-state index in [1.54, 1.807) is 0 Å². The molecule has 3 fully saturated rings. The highest BCUT2D eigenvalue weighted by Gasteiger charge is 2.59. The minimum atomic E-state index is -0.115. The number of hydrogen-bond donors (Lipinski definition) is 1. The minimum Gasteiger partial charge on any atom is -0.392 e. The molecule has 4 aliphatic carbocycles. The summed E-state index contributed by atoms with van der Waals surface area (Å²) in [7, 11) is 0. The first-order valence-corrected chi connectivity index (χ1v) is 9.33. The van der Waals surface area contributed by atoms with Crippen LogP contribution in [0.4, 0.5) is 0 Å². The lowest BCUT2D eigenvalue weighted by Gasteiger charge is -2.55. The van der Waals surface area contributed by atoms with Crippen molar-refractivity contribution in [2.75, 3.05) is 0 Å². The first-order valence-electron chi connectivity index (χ1n) is 9.33. The number of rotatable bonds is 0. The Morgan fingerprint density at radius 3 is 2.77 bits per heavy atom. The van der Waals surface area contributed by atoms with Crippen LogP contribution in [0.25, 0.3) is 0 Å². The molecule has 2 heteroatoms. The molecule has 0 amide bonds. The van der Waals surface area contributed by atoms with Crippen LogP contribution < -0.4 is 0 Å². The second kappa shape index (κ2) is 4.93. The number of aliphatic hydroxyl groups excluding tert-OH is 1. The lowest BCUT2D eigenvalue weighted by Crippen LogP contribution is -2.50. The summed E-state index contributed by atoms with van der Waals surface area (Å²) < 4.78 is 0. The van der Waals surface area contributed by atoms with Crippen LogP contribution in [0.5, 0.6) is 0 Å². The van der Waals surface area contributed by atoms with E-state index in [9.17, 15) is 9.90 Å². The van der Waals surface area contributed by atoms with Crippen molar-refractivity contribution in [3.63, 3.8) is 0 Å². The third kappa shape index (κ3) is 1.92. The molecule has 0 heterocycles. The summed E-state index contributed by atoms with van der Waals surface area (Å²) in [6.07, 6.45) is 8.46. The third-order valence-electron chi connectivity index (χ3n) is 7.92. The first kappa shape index (κ1) is 14.9. The van der Waals surface area contributed by atoms with E-state index < -0.39 is 0 Å². The highest BCUT2D eigenvalue weighted by atomic mass is 16.3. The summed E-state index contributed by atoms with van der Waals surface area (Å²) in [6.45, 7) is 6.99. The highest BCUT2D eigenvalue weighted by Crippen LogP contribution is 2.64. The normalized spacial score (nSPS) is 54.3. The largest absolute Gasteiger partial charge is 0.392 e. The molecule has 0 bridgehead atoms. The Bertz CT molecular complexity index is 522. The summed E-state index contributed by atoms with van der Waals surface area (Å²) >= 11 is 0. The lowest BCUT2D eigenvalue weighted by atomic mass is 9.49. The van der Waals surface area contributed by atoms with Crippen LogP contribution >= 0.6 is 0 Å². The summed E-state index contributed by atoms with van der Waals surface area (Å²) in [5.74, 6) is 4.34. The van der Waals surface area contributed by atoms with Gasteiger partial charge in [-0.05, 0) is 79.1 Å². The van der Waals surface area contributed by atoms with Crippen molar-refractivity contribution in [2.45, 2.75) is 65.4 Å². The monoisotopic (exact) mass is 302 g/mol. The molecule has 4 rings (SSSR count). The average molecular weight is 302 g/mol. The van der Waals surface area contributed by atoms with Crippen molar-refractivity contribution in [3.8, 4) is 0 Å². The molecule has 0 saturated heterocycles. The van der Waals surface area contributed by atoms with Crippen LogP contribution in [-0.4, -0.2) is 17.0 Å².